The first kappa shape index (κ1) is 24.9. The summed E-state index contributed by atoms with van der Waals surface area (Å²) < 4.78 is 2.66. The van der Waals surface area contributed by atoms with Crippen LogP contribution in [0.4, 0.5) is 14.7 Å². The number of rotatable bonds is 7. The Bertz CT molecular complexity index is 896. The highest BCUT2D eigenvalue weighted by molar-refractivity contribution is 7.13. The second-order valence-corrected chi connectivity index (χ2v) is 8.47. The van der Waals surface area contributed by atoms with E-state index in [2.05, 4.69) is 20.4 Å². The van der Waals surface area contributed by atoms with Gasteiger partial charge in [0, 0.05) is 25.0 Å². The van der Waals surface area contributed by atoms with Crippen molar-refractivity contribution in [1.29, 1.82) is 0 Å². The minimum atomic E-state index is -1.98. The van der Waals surface area contributed by atoms with Crippen molar-refractivity contribution < 1.29 is 33.8 Å². The summed E-state index contributed by atoms with van der Waals surface area (Å²) in [5, 5.41) is 15.0. The summed E-state index contributed by atoms with van der Waals surface area (Å²) in [4.78, 5) is 65.6. The van der Waals surface area contributed by atoms with Gasteiger partial charge >= 0.3 is 29.9 Å². The van der Waals surface area contributed by atoms with Gasteiger partial charge in [-0.2, -0.15) is 0 Å². The van der Waals surface area contributed by atoms with Crippen LogP contribution in [0.5, 0.6) is 0 Å². The second kappa shape index (κ2) is 10.3. The summed E-state index contributed by atoms with van der Waals surface area (Å²) in [6.45, 7) is 2.02. The van der Waals surface area contributed by atoms with E-state index in [1.54, 1.807) is 6.92 Å². The van der Waals surface area contributed by atoms with Gasteiger partial charge < -0.3 is 20.1 Å². The number of hydrogen-bond acceptors (Lipinski definition) is 8. The molecule has 0 aliphatic carbocycles. The van der Waals surface area contributed by atoms with Crippen LogP contribution >= 0.6 is 46.1 Å². The van der Waals surface area contributed by atoms with Crippen LogP contribution in [0.2, 0.25) is 0 Å². The van der Waals surface area contributed by atoms with E-state index in [1.165, 1.54) is 10.3 Å². The van der Waals surface area contributed by atoms with Gasteiger partial charge in [-0.3, -0.25) is 19.8 Å². The van der Waals surface area contributed by atoms with Crippen molar-refractivity contribution in [3.05, 3.63) is 11.1 Å². The van der Waals surface area contributed by atoms with Crippen LogP contribution in [-0.2, 0) is 19.1 Å². The summed E-state index contributed by atoms with van der Waals surface area (Å²) in [5.41, 5.74) is -0.146. The lowest BCUT2D eigenvalue weighted by molar-refractivity contribution is -0.153. The fraction of sp³-hybridized carbons (Fsp3) is 0.467. The van der Waals surface area contributed by atoms with Crippen LogP contribution in [0.15, 0.2) is 5.38 Å². The number of amides is 5. The summed E-state index contributed by atoms with van der Waals surface area (Å²) in [5.74, 6) is -3.82. The predicted octanol–water partition coefficient (Wildman–Crippen LogP) is 1.59. The van der Waals surface area contributed by atoms with Crippen molar-refractivity contribution in [3.8, 4) is 0 Å². The molecule has 0 spiro atoms. The normalized spacial score (nSPS) is 15.5. The van der Waals surface area contributed by atoms with Crippen LogP contribution in [0.25, 0.3) is 0 Å². The minimum absolute atomic E-state index is 0.0815. The van der Waals surface area contributed by atoms with Gasteiger partial charge in [0.25, 0.3) is 4.52 Å². The van der Waals surface area contributed by atoms with Crippen molar-refractivity contribution in [3.63, 3.8) is 0 Å². The van der Waals surface area contributed by atoms with E-state index in [0.717, 1.165) is 11.3 Å². The average Bonchev–Trinajstić information content (AvgIpc) is 3.15. The molecule has 1 aromatic heterocycles. The molecule has 16 heteroatoms. The lowest BCUT2D eigenvalue weighted by atomic mass is 10.2. The lowest BCUT2D eigenvalue weighted by Gasteiger charge is -2.32. The monoisotopic (exact) mass is 515 g/mol. The zero-order valence-electron chi connectivity index (χ0n) is 15.8. The smallest absolute Gasteiger partial charge is 0.416 e. The number of carboxylic acid groups (broad SMARTS) is 1. The van der Waals surface area contributed by atoms with E-state index in [1.807, 2.05) is 0 Å². The molecule has 0 aromatic carbocycles. The Morgan fingerprint density at radius 1 is 1.32 bits per heavy atom. The van der Waals surface area contributed by atoms with Gasteiger partial charge in [0.2, 0.25) is 0 Å². The molecular formula is C15H16Cl3N5O7S. The van der Waals surface area contributed by atoms with Gasteiger partial charge in [-0.1, -0.05) is 23.2 Å². The highest BCUT2D eigenvalue weighted by atomic mass is 35.5. The number of urea groups is 1. The van der Waals surface area contributed by atoms with Crippen LogP contribution in [-0.4, -0.2) is 79.8 Å². The van der Waals surface area contributed by atoms with Crippen LogP contribution in [0.3, 0.4) is 0 Å². The number of nitrogens with one attached hydrogen (secondary N) is 2. The van der Waals surface area contributed by atoms with E-state index in [4.69, 9.17) is 34.8 Å². The lowest BCUT2D eigenvalue weighted by Crippen LogP contribution is -2.58. The summed E-state index contributed by atoms with van der Waals surface area (Å²) in [6.07, 6.45) is -1.10. The molecular weight excluding hydrogens is 501 g/mol. The molecule has 0 saturated carbocycles. The Balaban J connectivity index is 2.07. The number of thiazole rings is 1. The number of aromatic nitrogens is 1. The van der Waals surface area contributed by atoms with Crippen molar-refractivity contribution in [1.82, 2.24) is 20.1 Å². The van der Waals surface area contributed by atoms with Crippen molar-refractivity contribution in [2.45, 2.75) is 17.5 Å². The highest BCUT2D eigenvalue weighted by Gasteiger charge is 2.37. The molecule has 1 saturated heterocycles. The number of ether oxygens (including phenoxy) is 1. The van der Waals surface area contributed by atoms with Crippen molar-refractivity contribution >= 4 is 81.2 Å². The Kier molecular flexibility index (Phi) is 8.28. The number of carbonyl (C=O) groups is 5. The molecule has 1 aromatic rings. The largest absolute Gasteiger partial charge is 0.479 e. The van der Waals surface area contributed by atoms with Crippen LogP contribution in [0.1, 0.15) is 18.7 Å². The third-order valence-corrected chi connectivity index (χ3v) is 5.72. The highest BCUT2D eigenvalue weighted by Crippen LogP contribution is 2.26. The van der Waals surface area contributed by atoms with Gasteiger partial charge in [0.1, 0.15) is 0 Å². The van der Waals surface area contributed by atoms with Gasteiger partial charge in [-0.25, -0.2) is 19.4 Å². The molecule has 1 fully saturated rings. The van der Waals surface area contributed by atoms with E-state index in [0.29, 0.717) is 11.4 Å². The maximum atomic E-state index is 12.4. The van der Waals surface area contributed by atoms with E-state index < -0.39 is 46.3 Å². The first-order chi connectivity index (χ1) is 14.5. The van der Waals surface area contributed by atoms with E-state index >= 15 is 0 Å². The number of imide groups is 1. The molecule has 170 valence electrons. The van der Waals surface area contributed by atoms with Gasteiger partial charge in [0.15, 0.2) is 11.2 Å². The predicted molar refractivity (Wildman–Crippen MR) is 110 cm³/mol. The molecule has 1 aliphatic heterocycles. The molecule has 1 atom stereocenters. The molecule has 1 unspecified atom stereocenters. The molecule has 3 N–H and O–H groups in total. The first-order valence-electron chi connectivity index (χ1n) is 8.52. The number of hydrogen-bond donors (Lipinski definition) is 3. The number of alkyl halides is 3. The maximum absolute atomic E-state index is 12.4. The van der Waals surface area contributed by atoms with Gasteiger partial charge in [-0.15, -0.1) is 22.9 Å². The SMILES string of the molecule is CCN1CCN(C(=O)NC(C(=O)O)c2csc(NC(=O)OC(Cl)(Cl)CCl)n2)C(=O)C1=O. The van der Waals surface area contributed by atoms with Crippen molar-refractivity contribution in [2.24, 2.45) is 0 Å². The third-order valence-electron chi connectivity index (χ3n) is 3.87. The number of nitrogens with zero attached hydrogens (tertiary/aromatic N) is 3. The Hall–Kier alpha value is -2.35. The van der Waals surface area contributed by atoms with Gasteiger partial charge in [0.05, 0.1) is 11.6 Å². The molecule has 1 aliphatic rings. The second-order valence-electron chi connectivity index (χ2n) is 5.93. The zero-order valence-corrected chi connectivity index (χ0v) is 18.8. The molecule has 12 nitrogen and oxygen atoms in total. The Morgan fingerprint density at radius 3 is 2.58 bits per heavy atom. The first-order valence-corrected chi connectivity index (χ1v) is 10.7. The average molecular weight is 517 g/mol. The number of piperazine rings is 1. The van der Waals surface area contributed by atoms with Crippen molar-refractivity contribution in [2.75, 3.05) is 30.8 Å². The van der Waals surface area contributed by atoms with E-state index in [-0.39, 0.29) is 23.9 Å². The maximum Gasteiger partial charge on any atom is 0.416 e. The summed E-state index contributed by atoms with van der Waals surface area (Å²) >= 11 is 17.5. The number of carbonyl (C=O) groups excluding carboxylic acids is 4. The van der Waals surface area contributed by atoms with Crippen LogP contribution in [0, 0.1) is 0 Å². The standard InChI is InChI=1S/C15H16Cl3N5O7S/c1-2-22-3-4-23(10(25)9(22)24)13(28)20-8(11(26)27)7-5-31-12(19-7)21-14(29)30-15(17,18)6-16/h5,8H,2-4,6H2,1H3,(H,20,28)(H,26,27)(H,19,21,29). The number of likely N-dealkylation sites (N-methyl/N-ethyl adjacent to an activating group) is 1. The fourth-order valence-corrected chi connectivity index (χ4v) is 3.30. The number of anilines is 1. The van der Waals surface area contributed by atoms with Crippen LogP contribution < -0.4 is 10.6 Å². The molecule has 31 heavy (non-hydrogen) atoms. The fourth-order valence-electron chi connectivity index (χ4n) is 2.39. The topological polar surface area (TPSA) is 158 Å². The molecule has 2 rings (SSSR count). The Labute approximate surface area is 194 Å². The quantitative estimate of drug-likeness (QED) is 0.364. The third kappa shape index (κ3) is 6.32. The Morgan fingerprint density at radius 2 is 2.00 bits per heavy atom. The summed E-state index contributed by atoms with van der Waals surface area (Å²) in [6, 6.07) is -2.73. The molecule has 5 amide bonds. The van der Waals surface area contributed by atoms with Gasteiger partial charge in [-0.05, 0) is 6.92 Å². The van der Waals surface area contributed by atoms with E-state index in [9.17, 15) is 29.1 Å². The summed E-state index contributed by atoms with van der Waals surface area (Å²) in [7, 11) is 0. The number of halogens is 3. The minimum Gasteiger partial charge on any atom is -0.479 e. The zero-order chi connectivity index (χ0) is 23.3. The molecule has 0 radical (unpaired) electrons. The number of carboxylic acids is 1. The molecule has 0 bridgehead atoms. The molecule has 2 heterocycles. The number of aliphatic carboxylic acids is 1.